The van der Waals surface area contributed by atoms with Crippen molar-refractivity contribution in [2.45, 2.75) is 51.4 Å². The molecule has 1 heterocycles. The van der Waals surface area contributed by atoms with Crippen molar-refractivity contribution in [3.63, 3.8) is 0 Å². The molecule has 2 aliphatic carbocycles. The standard InChI is InChI=1S/C23H25NO3S/c1-2-27-23(26)21-19-10-6-7-11-20(19)28-22(21)24-17-12-16(13-18(25)14-17)15-8-4-3-5-9-15/h3-5,8-9,14,16,24H,2,6-7,10-13H2,1H3. The van der Waals surface area contributed by atoms with Crippen molar-refractivity contribution in [2.24, 2.45) is 0 Å². The number of fused-ring (bicyclic) bond motifs is 1. The van der Waals surface area contributed by atoms with Crippen molar-refractivity contribution in [3.05, 3.63) is 63.7 Å². The van der Waals surface area contributed by atoms with Gasteiger partial charge in [-0.3, -0.25) is 4.79 Å². The van der Waals surface area contributed by atoms with E-state index < -0.39 is 0 Å². The van der Waals surface area contributed by atoms with Crippen LogP contribution in [-0.4, -0.2) is 18.4 Å². The smallest absolute Gasteiger partial charge is 0.341 e. The van der Waals surface area contributed by atoms with E-state index in [1.165, 1.54) is 10.4 Å². The Morgan fingerprint density at radius 3 is 2.75 bits per heavy atom. The Morgan fingerprint density at radius 2 is 1.96 bits per heavy atom. The molecule has 1 N–H and O–H groups in total. The molecule has 0 saturated carbocycles. The highest BCUT2D eigenvalue weighted by Crippen LogP contribution is 2.40. The number of ketones is 1. The van der Waals surface area contributed by atoms with Crippen molar-refractivity contribution in [1.82, 2.24) is 0 Å². The number of carbonyl (C=O) groups is 2. The maximum atomic E-state index is 12.6. The van der Waals surface area contributed by atoms with E-state index in [-0.39, 0.29) is 17.7 Å². The van der Waals surface area contributed by atoms with Crippen LogP contribution in [0.4, 0.5) is 5.00 Å². The molecule has 0 aliphatic heterocycles. The molecule has 146 valence electrons. The second-order valence-electron chi connectivity index (χ2n) is 7.41. The lowest BCUT2D eigenvalue weighted by molar-refractivity contribution is -0.115. The molecule has 1 unspecified atom stereocenters. The molecule has 4 nitrogen and oxygen atoms in total. The van der Waals surface area contributed by atoms with Crippen LogP contribution in [0.2, 0.25) is 0 Å². The molecule has 0 radical (unpaired) electrons. The molecule has 0 fully saturated rings. The maximum absolute atomic E-state index is 12.6. The second kappa shape index (κ2) is 8.31. The van der Waals surface area contributed by atoms with Gasteiger partial charge in [0.25, 0.3) is 0 Å². The first-order valence-electron chi connectivity index (χ1n) is 10.0. The molecule has 0 spiro atoms. The Morgan fingerprint density at radius 1 is 1.18 bits per heavy atom. The van der Waals surface area contributed by atoms with Crippen LogP contribution in [-0.2, 0) is 22.4 Å². The Hall–Kier alpha value is -2.40. The number of carbonyl (C=O) groups excluding carboxylic acids is 2. The maximum Gasteiger partial charge on any atom is 0.341 e. The monoisotopic (exact) mass is 395 g/mol. The summed E-state index contributed by atoms with van der Waals surface area (Å²) in [6.07, 6.45) is 7.19. The van der Waals surface area contributed by atoms with E-state index in [4.69, 9.17) is 4.74 Å². The van der Waals surface area contributed by atoms with Crippen LogP contribution in [0.15, 0.2) is 42.1 Å². The highest BCUT2D eigenvalue weighted by molar-refractivity contribution is 7.16. The highest BCUT2D eigenvalue weighted by atomic mass is 32.1. The van der Waals surface area contributed by atoms with Crippen molar-refractivity contribution >= 4 is 28.1 Å². The van der Waals surface area contributed by atoms with Crippen molar-refractivity contribution in [2.75, 3.05) is 11.9 Å². The van der Waals surface area contributed by atoms with Gasteiger partial charge in [0, 0.05) is 23.1 Å². The van der Waals surface area contributed by atoms with Gasteiger partial charge in [0.05, 0.1) is 12.2 Å². The summed E-state index contributed by atoms with van der Waals surface area (Å²) in [4.78, 5) is 26.3. The van der Waals surface area contributed by atoms with Gasteiger partial charge in [0.15, 0.2) is 5.78 Å². The van der Waals surface area contributed by atoms with Crippen molar-refractivity contribution in [1.29, 1.82) is 0 Å². The number of thiophene rings is 1. The highest BCUT2D eigenvalue weighted by Gasteiger charge is 2.28. The number of ether oxygens (including phenoxy) is 1. The van der Waals surface area contributed by atoms with Crippen LogP contribution in [0, 0.1) is 0 Å². The number of rotatable bonds is 5. The zero-order chi connectivity index (χ0) is 19.5. The third-order valence-corrected chi connectivity index (χ3v) is 6.65. The van der Waals surface area contributed by atoms with E-state index in [1.54, 1.807) is 17.4 Å². The van der Waals surface area contributed by atoms with Crippen LogP contribution in [0.5, 0.6) is 0 Å². The van der Waals surface area contributed by atoms with E-state index in [1.807, 2.05) is 25.1 Å². The first kappa shape index (κ1) is 18.9. The van der Waals surface area contributed by atoms with Gasteiger partial charge in [-0.05, 0) is 56.1 Å². The molecule has 0 amide bonds. The average Bonchev–Trinajstić information content (AvgIpc) is 3.06. The predicted molar refractivity (Wildman–Crippen MR) is 112 cm³/mol. The number of anilines is 1. The van der Waals surface area contributed by atoms with Crippen molar-refractivity contribution < 1.29 is 14.3 Å². The van der Waals surface area contributed by atoms with E-state index in [0.29, 0.717) is 18.6 Å². The van der Waals surface area contributed by atoms with Gasteiger partial charge < -0.3 is 10.1 Å². The summed E-state index contributed by atoms with van der Waals surface area (Å²) in [5, 5.41) is 4.27. The fraction of sp³-hybridized carbons (Fsp3) is 0.391. The van der Waals surface area contributed by atoms with Gasteiger partial charge in [-0.2, -0.15) is 0 Å². The lowest BCUT2D eigenvalue weighted by atomic mass is 9.85. The van der Waals surface area contributed by atoms with Gasteiger partial charge in [-0.15, -0.1) is 11.3 Å². The first-order valence-corrected chi connectivity index (χ1v) is 10.8. The van der Waals surface area contributed by atoms with Crippen LogP contribution in [0.25, 0.3) is 0 Å². The topological polar surface area (TPSA) is 55.4 Å². The summed E-state index contributed by atoms with van der Waals surface area (Å²) in [5.74, 6) is 0.0372. The molecule has 28 heavy (non-hydrogen) atoms. The van der Waals surface area contributed by atoms with Crippen molar-refractivity contribution in [3.8, 4) is 0 Å². The lowest BCUT2D eigenvalue weighted by Crippen LogP contribution is -2.17. The molecular weight excluding hydrogens is 370 g/mol. The van der Waals surface area contributed by atoms with Crippen LogP contribution in [0.3, 0.4) is 0 Å². The second-order valence-corrected chi connectivity index (χ2v) is 8.52. The summed E-state index contributed by atoms with van der Waals surface area (Å²) in [6, 6.07) is 10.2. The predicted octanol–water partition coefficient (Wildman–Crippen LogP) is 5.25. The van der Waals surface area contributed by atoms with E-state index in [2.05, 4.69) is 17.4 Å². The third-order valence-electron chi connectivity index (χ3n) is 5.45. The number of hydrogen-bond donors (Lipinski definition) is 1. The molecule has 2 aliphatic rings. The van der Waals surface area contributed by atoms with E-state index in [9.17, 15) is 9.59 Å². The molecular formula is C23H25NO3S. The summed E-state index contributed by atoms with van der Waals surface area (Å²) < 4.78 is 5.34. The Kier molecular flexibility index (Phi) is 5.62. The first-order chi connectivity index (χ1) is 13.7. The van der Waals surface area contributed by atoms with E-state index in [0.717, 1.165) is 48.4 Å². The number of aryl methyl sites for hydroxylation is 1. The number of allylic oxidation sites excluding steroid dienone is 2. The third kappa shape index (κ3) is 3.90. The molecule has 1 atom stereocenters. The minimum Gasteiger partial charge on any atom is -0.462 e. The zero-order valence-corrected chi connectivity index (χ0v) is 16.9. The van der Waals surface area contributed by atoms with Gasteiger partial charge in [-0.25, -0.2) is 4.79 Å². The van der Waals surface area contributed by atoms with Gasteiger partial charge in [0.2, 0.25) is 0 Å². The SMILES string of the molecule is CCOC(=O)c1c(NC2=CC(=O)CC(c3ccccc3)C2)sc2c1CCCC2. The van der Waals surface area contributed by atoms with Gasteiger partial charge in [0.1, 0.15) is 5.00 Å². The van der Waals surface area contributed by atoms with E-state index >= 15 is 0 Å². The normalized spacial score (nSPS) is 19.0. The van der Waals surface area contributed by atoms with Crippen LogP contribution < -0.4 is 5.32 Å². The Balaban J connectivity index is 1.62. The summed E-state index contributed by atoms with van der Waals surface area (Å²) >= 11 is 1.64. The Bertz CT molecular complexity index is 913. The summed E-state index contributed by atoms with van der Waals surface area (Å²) in [7, 11) is 0. The largest absolute Gasteiger partial charge is 0.462 e. The molecule has 0 saturated heterocycles. The fourth-order valence-corrected chi connectivity index (χ4v) is 5.47. The molecule has 5 heteroatoms. The summed E-state index contributed by atoms with van der Waals surface area (Å²) in [6.45, 7) is 2.19. The quantitative estimate of drug-likeness (QED) is 0.703. The zero-order valence-electron chi connectivity index (χ0n) is 16.1. The van der Waals surface area contributed by atoms with Gasteiger partial charge >= 0.3 is 5.97 Å². The molecule has 1 aromatic carbocycles. The fourth-order valence-electron chi connectivity index (χ4n) is 4.16. The summed E-state index contributed by atoms with van der Waals surface area (Å²) in [5.41, 5.74) is 3.88. The minimum atomic E-state index is -0.258. The number of hydrogen-bond acceptors (Lipinski definition) is 5. The van der Waals surface area contributed by atoms with Gasteiger partial charge in [-0.1, -0.05) is 30.3 Å². The molecule has 0 bridgehead atoms. The Labute approximate surface area is 169 Å². The number of nitrogens with one attached hydrogen (secondary N) is 1. The molecule has 1 aromatic heterocycles. The number of esters is 1. The molecule has 4 rings (SSSR count). The lowest BCUT2D eigenvalue weighted by Gasteiger charge is -2.23. The van der Waals surface area contributed by atoms with Crippen LogP contribution in [0.1, 0.15) is 64.9 Å². The minimum absolute atomic E-state index is 0.126. The number of benzene rings is 1. The average molecular weight is 396 g/mol. The van der Waals surface area contributed by atoms with Crippen LogP contribution >= 0.6 is 11.3 Å². The molecule has 2 aromatic rings.